The Bertz CT molecular complexity index is 1240. The van der Waals surface area contributed by atoms with Gasteiger partial charge in [-0.15, -0.1) is 5.10 Å². The van der Waals surface area contributed by atoms with Crippen molar-refractivity contribution in [3.05, 3.63) is 36.4 Å². The summed E-state index contributed by atoms with van der Waals surface area (Å²) in [5.74, 6) is -1.89. The fourth-order valence-electron chi connectivity index (χ4n) is 3.75. The molecule has 4 aromatic heterocycles. The molecule has 4 aromatic rings. The Morgan fingerprint density at radius 1 is 1.20 bits per heavy atom. The minimum Gasteiger partial charge on any atom is -0.350 e. The molecule has 7 nitrogen and oxygen atoms in total. The molecule has 1 aliphatic carbocycles. The number of halogens is 4. The second-order valence-corrected chi connectivity index (χ2v) is 7.45. The van der Waals surface area contributed by atoms with E-state index in [-0.39, 0.29) is 24.8 Å². The second-order valence-electron chi connectivity index (χ2n) is 7.45. The van der Waals surface area contributed by atoms with E-state index in [0.29, 0.717) is 28.2 Å². The molecule has 1 fully saturated rings. The van der Waals surface area contributed by atoms with Crippen LogP contribution in [0.4, 0.5) is 23.5 Å². The summed E-state index contributed by atoms with van der Waals surface area (Å²) < 4.78 is 54.9. The van der Waals surface area contributed by atoms with E-state index in [1.165, 1.54) is 4.57 Å². The van der Waals surface area contributed by atoms with Gasteiger partial charge in [-0.1, -0.05) is 0 Å². The first-order chi connectivity index (χ1) is 14.3. The summed E-state index contributed by atoms with van der Waals surface area (Å²) in [5, 5.41) is 7.23. The minimum absolute atomic E-state index is 0.235. The number of fused-ring (bicyclic) bond motifs is 2. The number of aryl methyl sites for hydroxylation is 1. The molecule has 0 aromatic carbocycles. The van der Waals surface area contributed by atoms with E-state index in [0.717, 1.165) is 5.56 Å². The zero-order valence-corrected chi connectivity index (χ0v) is 15.9. The molecule has 156 valence electrons. The highest BCUT2D eigenvalue weighted by atomic mass is 19.3. The monoisotopic (exact) mass is 419 g/mol. The quantitative estimate of drug-likeness (QED) is 0.497. The van der Waals surface area contributed by atoms with Crippen LogP contribution in [-0.4, -0.2) is 47.5 Å². The maximum Gasteiger partial charge on any atom is 0.256 e. The maximum atomic E-state index is 13.0. The van der Waals surface area contributed by atoms with E-state index >= 15 is 0 Å². The highest BCUT2D eigenvalue weighted by molar-refractivity contribution is 5.82. The Morgan fingerprint density at radius 3 is 2.73 bits per heavy atom. The molecule has 0 atom stereocenters. The van der Waals surface area contributed by atoms with Crippen LogP contribution in [0.15, 0.2) is 30.6 Å². The van der Waals surface area contributed by atoms with Crippen LogP contribution in [-0.2, 0) is 6.54 Å². The SMILES string of the molecule is Cc1nc2ccc(-c3ccn4nc(NC5CC(F)(F)C5)ncc34)nc2n1CC(F)F. The number of alkyl halides is 4. The highest BCUT2D eigenvalue weighted by Gasteiger charge is 2.45. The van der Waals surface area contributed by atoms with E-state index < -0.39 is 18.9 Å². The van der Waals surface area contributed by atoms with Crippen LogP contribution in [0.3, 0.4) is 0 Å². The Hall–Kier alpha value is -3.24. The topological polar surface area (TPSA) is 72.9 Å². The molecule has 0 bridgehead atoms. The van der Waals surface area contributed by atoms with E-state index in [2.05, 4.69) is 25.4 Å². The molecule has 0 spiro atoms. The molecule has 0 unspecified atom stereocenters. The maximum absolute atomic E-state index is 13.0. The van der Waals surface area contributed by atoms with Crippen molar-refractivity contribution in [2.45, 2.75) is 44.7 Å². The number of imidazole rings is 1. The van der Waals surface area contributed by atoms with Gasteiger partial charge in [0.15, 0.2) is 5.65 Å². The molecule has 0 aliphatic heterocycles. The molecule has 0 saturated heterocycles. The summed E-state index contributed by atoms with van der Waals surface area (Å²) in [5.41, 5.74) is 2.88. The average molecular weight is 419 g/mol. The Morgan fingerprint density at radius 2 is 2.00 bits per heavy atom. The van der Waals surface area contributed by atoms with Crippen molar-refractivity contribution in [1.29, 1.82) is 0 Å². The summed E-state index contributed by atoms with van der Waals surface area (Å²) >= 11 is 0. The van der Waals surface area contributed by atoms with Crippen LogP contribution >= 0.6 is 0 Å². The molecule has 30 heavy (non-hydrogen) atoms. The normalized spacial score (nSPS) is 16.5. The van der Waals surface area contributed by atoms with Crippen molar-refractivity contribution in [1.82, 2.24) is 29.1 Å². The van der Waals surface area contributed by atoms with Gasteiger partial charge in [0.05, 0.1) is 24.0 Å². The third kappa shape index (κ3) is 3.23. The third-order valence-electron chi connectivity index (χ3n) is 5.22. The molecule has 1 aliphatic rings. The van der Waals surface area contributed by atoms with Gasteiger partial charge in [-0.3, -0.25) is 0 Å². The Balaban J connectivity index is 1.48. The van der Waals surface area contributed by atoms with E-state index in [1.54, 1.807) is 42.0 Å². The molecule has 1 saturated carbocycles. The number of rotatable bonds is 5. The van der Waals surface area contributed by atoms with Gasteiger partial charge in [-0.05, 0) is 25.1 Å². The van der Waals surface area contributed by atoms with Crippen LogP contribution in [0.2, 0.25) is 0 Å². The number of pyridine rings is 1. The molecular weight excluding hydrogens is 402 g/mol. The lowest BCUT2D eigenvalue weighted by Crippen LogP contribution is -2.44. The lowest BCUT2D eigenvalue weighted by Gasteiger charge is -2.35. The van der Waals surface area contributed by atoms with Gasteiger partial charge in [0.1, 0.15) is 11.3 Å². The van der Waals surface area contributed by atoms with Crippen molar-refractivity contribution >= 4 is 22.6 Å². The molecular formula is C19H17F4N7. The summed E-state index contributed by atoms with van der Waals surface area (Å²) in [7, 11) is 0. The zero-order chi connectivity index (χ0) is 21.0. The Labute approximate surface area is 167 Å². The lowest BCUT2D eigenvalue weighted by atomic mass is 9.88. The van der Waals surface area contributed by atoms with Crippen molar-refractivity contribution in [2.75, 3.05) is 5.32 Å². The first-order valence-electron chi connectivity index (χ1n) is 9.40. The first-order valence-corrected chi connectivity index (χ1v) is 9.40. The van der Waals surface area contributed by atoms with Crippen molar-refractivity contribution in [2.24, 2.45) is 0 Å². The van der Waals surface area contributed by atoms with E-state index in [4.69, 9.17) is 0 Å². The van der Waals surface area contributed by atoms with Crippen LogP contribution in [0.5, 0.6) is 0 Å². The van der Waals surface area contributed by atoms with Crippen LogP contribution in [0, 0.1) is 6.92 Å². The third-order valence-corrected chi connectivity index (χ3v) is 5.22. The predicted octanol–water partition coefficient (Wildman–Crippen LogP) is 3.92. The second kappa shape index (κ2) is 6.64. The molecule has 1 N–H and O–H groups in total. The minimum atomic E-state index is -2.62. The fraction of sp³-hybridized carbons (Fsp3) is 0.368. The molecule has 0 radical (unpaired) electrons. The van der Waals surface area contributed by atoms with Gasteiger partial charge in [-0.2, -0.15) is 0 Å². The summed E-state index contributed by atoms with van der Waals surface area (Å²) in [6.45, 7) is 1.19. The fourth-order valence-corrected chi connectivity index (χ4v) is 3.75. The largest absolute Gasteiger partial charge is 0.350 e. The smallest absolute Gasteiger partial charge is 0.256 e. The summed E-state index contributed by atoms with van der Waals surface area (Å²) in [6.07, 6.45) is 0.300. The van der Waals surface area contributed by atoms with Gasteiger partial charge < -0.3 is 9.88 Å². The summed E-state index contributed by atoms with van der Waals surface area (Å²) in [6, 6.07) is 4.94. The van der Waals surface area contributed by atoms with Crippen LogP contribution < -0.4 is 5.32 Å². The van der Waals surface area contributed by atoms with Crippen molar-refractivity contribution in [3.8, 4) is 11.3 Å². The van der Waals surface area contributed by atoms with Crippen LogP contribution in [0.1, 0.15) is 18.7 Å². The zero-order valence-electron chi connectivity index (χ0n) is 15.9. The standard InChI is InChI=1S/C19H17F4N7/c1-10-25-14-3-2-13(27-17(14)29(10)9-16(20)21)12-4-5-30-15(12)8-24-18(28-30)26-11-6-19(22,23)7-11/h2-5,8,11,16H,6-7,9H2,1H3,(H,26,28). The van der Waals surface area contributed by atoms with Gasteiger partial charge in [-0.25, -0.2) is 37.0 Å². The van der Waals surface area contributed by atoms with Gasteiger partial charge >= 0.3 is 0 Å². The number of hydrogen-bond donors (Lipinski definition) is 1. The van der Waals surface area contributed by atoms with Gasteiger partial charge in [0.25, 0.3) is 12.3 Å². The van der Waals surface area contributed by atoms with Crippen LogP contribution in [0.25, 0.3) is 27.9 Å². The lowest BCUT2D eigenvalue weighted by molar-refractivity contribution is -0.0795. The average Bonchev–Trinajstić information content (AvgIpc) is 3.20. The van der Waals surface area contributed by atoms with Crippen molar-refractivity contribution in [3.63, 3.8) is 0 Å². The first kappa shape index (κ1) is 18.8. The highest BCUT2D eigenvalue weighted by Crippen LogP contribution is 2.38. The predicted molar refractivity (Wildman–Crippen MR) is 102 cm³/mol. The van der Waals surface area contributed by atoms with E-state index in [9.17, 15) is 17.6 Å². The number of nitrogens with one attached hydrogen (secondary N) is 1. The number of aromatic nitrogens is 6. The Kier molecular flexibility index (Phi) is 4.16. The summed E-state index contributed by atoms with van der Waals surface area (Å²) in [4.78, 5) is 13.1. The van der Waals surface area contributed by atoms with Crippen molar-refractivity contribution < 1.29 is 17.6 Å². The van der Waals surface area contributed by atoms with E-state index in [1.807, 2.05) is 0 Å². The number of hydrogen-bond acceptors (Lipinski definition) is 5. The molecule has 0 amide bonds. The molecule has 11 heteroatoms. The van der Waals surface area contributed by atoms with Gasteiger partial charge in [0, 0.05) is 30.6 Å². The number of anilines is 1. The molecule has 4 heterocycles. The molecule has 5 rings (SSSR count). The number of nitrogens with zero attached hydrogens (tertiary/aromatic N) is 6. The van der Waals surface area contributed by atoms with Gasteiger partial charge in [0.2, 0.25) is 5.95 Å².